The largest absolute Gasteiger partial charge is 0.692 e. The van der Waals surface area contributed by atoms with Crippen LogP contribution in [0.1, 0.15) is 0 Å². The van der Waals surface area contributed by atoms with Gasteiger partial charge in [0, 0.05) is 11.1 Å². The van der Waals surface area contributed by atoms with Gasteiger partial charge in [0.05, 0.1) is 37.7 Å². The van der Waals surface area contributed by atoms with Crippen molar-refractivity contribution in [2.75, 3.05) is 0 Å². The average molecular weight is 485 g/mol. The van der Waals surface area contributed by atoms with E-state index in [1.54, 1.807) is 24.3 Å². The predicted molar refractivity (Wildman–Crippen MR) is 116 cm³/mol. The molecule has 0 saturated carbocycles. The van der Waals surface area contributed by atoms with Crippen LogP contribution in [0.3, 0.4) is 0 Å². The van der Waals surface area contributed by atoms with Gasteiger partial charge >= 0.3 is 11.4 Å². The number of non-ortho nitro benzene ring substituents is 1. The average Bonchev–Trinajstić information content (AvgIpc) is 3.13. The van der Waals surface area contributed by atoms with Crippen molar-refractivity contribution in [2.45, 2.75) is 0 Å². The lowest BCUT2D eigenvalue weighted by Crippen LogP contribution is -2.37. The third kappa shape index (κ3) is 4.05. The van der Waals surface area contributed by atoms with Crippen LogP contribution in [0.4, 0.5) is 28.4 Å². The molecule has 0 amide bonds. The number of hydrogen-bond donors (Lipinski definition) is 0. The Morgan fingerprint density at radius 3 is 2.03 bits per heavy atom. The molecule has 0 bridgehead atoms. The summed E-state index contributed by atoms with van der Waals surface area (Å²) in [4.78, 5) is 32.1. The van der Waals surface area contributed by atoms with E-state index in [1.165, 1.54) is 18.2 Å². The Labute approximate surface area is 192 Å². The van der Waals surface area contributed by atoms with Gasteiger partial charge < -0.3 is 5.21 Å². The van der Waals surface area contributed by atoms with Gasteiger partial charge in [0.2, 0.25) is 16.7 Å². The minimum atomic E-state index is -1.04. The molecule has 4 aromatic rings. The maximum absolute atomic E-state index is 12.7. The first kappa shape index (κ1) is 22.2. The van der Waals surface area contributed by atoms with E-state index in [4.69, 9.17) is 11.6 Å². The fraction of sp³-hybridized carbons (Fsp3) is 0. The molecule has 1 aromatic heterocycles. The highest BCUT2D eigenvalue weighted by molar-refractivity contribution is 6.30. The minimum absolute atomic E-state index is 0.0229. The number of nitrogens with zero attached hydrogens (tertiary/aromatic N) is 8. The number of nitro benzene ring substituents is 3. The number of aromatic nitrogens is 3. The number of benzene rings is 3. The van der Waals surface area contributed by atoms with Crippen LogP contribution >= 0.6 is 11.6 Å². The number of hydrogen-bond acceptors (Lipinski definition) is 10. The van der Waals surface area contributed by atoms with Crippen molar-refractivity contribution < 1.29 is 19.6 Å². The summed E-state index contributed by atoms with van der Waals surface area (Å²) < 4.78 is 0. The van der Waals surface area contributed by atoms with Crippen LogP contribution in [0, 0.1) is 35.6 Å². The minimum Gasteiger partial charge on any atom is -0.692 e. The maximum atomic E-state index is 12.7. The first-order valence-corrected chi connectivity index (χ1v) is 9.45. The highest BCUT2D eigenvalue weighted by Crippen LogP contribution is 2.41. The molecule has 3 aromatic carbocycles. The summed E-state index contributed by atoms with van der Waals surface area (Å²) in [5.74, 6) is 0. The second-order valence-electron chi connectivity index (χ2n) is 6.62. The smallest absolute Gasteiger partial charge is 0.310 e. The number of nitro groups is 3. The second-order valence-corrected chi connectivity index (χ2v) is 7.05. The van der Waals surface area contributed by atoms with Crippen molar-refractivity contribution in [1.29, 1.82) is 0 Å². The molecule has 0 fully saturated rings. The molecule has 170 valence electrons. The van der Waals surface area contributed by atoms with Crippen molar-refractivity contribution in [2.24, 2.45) is 10.2 Å². The van der Waals surface area contributed by atoms with Crippen LogP contribution in [-0.2, 0) is 0 Å². The van der Waals surface area contributed by atoms with E-state index in [0.717, 1.165) is 4.80 Å². The zero-order chi connectivity index (χ0) is 24.6. The monoisotopic (exact) mass is 484 g/mol. The molecule has 16 heteroatoms. The van der Waals surface area contributed by atoms with E-state index in [2.05, 4.69) is 15.3 Å². The number of azo groups is 1. The van der Waals surface area contributed by atoms with Gasteiger partial charge in [-0.1, -0.05) is 11.6 Å². The predicted octanol–water partition coefficient (Wildman–Crippen LogP) is 4.45. The Kier molecular flexibility index (Phi) is 5.52. The van der Waals surface area contributed by atoms with Crippen molar-refractivity contribution in [3.05, 3.63) is 95.2 Å². The molecule has 0 N–H and O–H groups in total. The summed E-state index contributed by atoms with van der Waals surface area (Å²) in [7, 11) is 0. The third-order valence-corrected chi connectivity index (χ3v) is 4.77. The van der Waals surface area contributed by atoms with Gasteiger partial charge in [-0.2, -0.15) is 0 Å². The summed E-state index contributed by atoms with van der Waals surface area (Å²) in [6, 6.07) is 11.5. The van der Waals surface area contributed by atoms with E-state index >= 15 is 0 Å². The Morgan fingerprint density at radius 1 is 0.853 bits per heavy atom. The Morgan fingerprint density at radius 2 is 1.47 bits per heavy atom. The van der Waals surface area contributed by atoms with Crippen LogP contribution in [-0.4, -0.2) is 24.7 Å². The zero-order valence-corrected chi connectivity index (χ0v) is 17.3. The van der Waals surface area contributed by atoms with Gasteiger partial charge in [-0.3, -0.25) is 30.3 Å². The normalized spacial score (nSPS) is 11.2. The number of fused-ring (bicyclic) bond motifs is 1. The molecule has 0 spiro atoms. The molecule has 0 radical (unpaired) electrons. The number of rotatable bonds is 6. The Bertz CT molecular complexity index is 1480. The first-order valence-electron chi connectivity index (χ1n) is 9.07. The topological polar surface area (TPSA) is 199 Å². The van der Waals surface area contributed by atoms with Crippen molar-refractivity contribution in [3.8, 4) is 5.69 Å². The molecule has 34 heavy (non-hydrogen) atoms. The third-order valence-electron chi connectivity index (χ3n) is 4.52. The van der Waals surface area contributed by atoms with E-state index in [1.807, 2.05) is 0 Å². The van der Waals surface area contributed by atoms with Crippen molar-refractivity contribution >= 4 is 51.1 Å². The summed E-state index contributed by atoms with van der Waals surface area (Å²) in [5, 5.41) is 58.4. The van der Waals surface area contributed by atoms with Gasteiger partial charge in [0.25, 0.3) is 5.69 Å². The van der Waals surface area contributed by atoms with Gasteiger partial charge in [0.15, 0.2) is 0 Å². The standard InChI is InChI=1S/C18H9ClN8O7/c19-10-1-4-12(5-2-10)23-22-14-6-3-11(7-15(14)24(23)28)20-21-18-16(26(31)32)8-13(25(29)30)9-17(18)27(33)34/h1-9H/b21-20+. The Hall–Kier alpha value is -5.05. The van der Waals surface area contributed by atoms with Crippen LogP contribution in [0.25, 0.3) is 16.7 Å². The fourth-order valence-electron chi connectivity index (χ4n) is 2.98. The van der Waals surface area contributed by atoms with Crippen LogP contribution in [0.15, 0.2) is 64.8 Å². The van der Waals surface area contributed by atoms with Crippen LogP contribution in [0.2, 0.25) is 5.02 Å². The summed E-state index contributed by atoms with van der Waals surface area (Å²) in [5.41, 5.74) is -2.77. The lowest BCUT2D eigenvalue weighted by molar-refractivity contribution is -0.664. The lowest BCUT2D eigenvalue weighted by Gasteiger charge is -2.03. The van der Waals surface area contributed by atoms with Crippen LogP contribution in [0.5, 0.6) is 0 Å². The van der Waals surface area contributed by atoms with Gasteiger partial charge in [0.1, 0.15) is 5.69 Å². The summed E-state index contributed by atoms with van der Waals surface area (Å²) in [6.45, 7) is 0. The summed E-state index contributed by atoms with van der Waals surface area (Å²) in [6.07, 6.45) is 0. The van der Waals surface area contributed by atoms with E-state index in [0.29, 0.717) is 27.7 Å². The fourth-order valence-corrected chi connectivity index (χ4v) is 3.10. The van der Waals surface area contributed by atoms with Crippen LogP contribution < -0.4 is 4.85 Å². The van der Waals surface area contributed by atoms with E-state index < -0.39 is 37.5 Å². The molecule has 0 unspecified atom stereocenters. The van der Waals surface area contributed by atoms with E-state index in [-0.39, 0.29) is 16.7 Å². The maximum Gasteiger partial charge on any atom is 0.310 e. The molecule has 0 aliphatic carbocycles. The lowest BCUT2D eigenvalue weighted by atomic mass is 10.2. The SMILES string of the molecule is O=[N+]([O-])c1cc([N+](=O)[O-])c(/N=N/c2ccc3nn(-c4ccc(Cl)cc4)[n+]([O-])c3c2)c([N+](=O)[O-])c1. The number of halogens is 1. The first-order chi connectivity index (χ1) is 16.2. The summed E-state index contributed by atoms with van der Waals surface area (Å²) >= 11 is 5.85. The molecule has 0 atom stereocenters. The molecular weight excluding hydrogens is 476 g/mol. The van der Waals surface area contributed by atoms with Gasteiger partial charge in [-0.15, -0.1) is 15.1 Å². The molecule has 4 rings (SSSR count). The molecule has 0 aliphatic heterocycles. The molecule has 0 saturated heterocycles. The van der Waals surface area contributed by atoms with Crippen molar-refractivity contribution in [3.63, 3.8) is 0 Å². The van der Waals surface area contributed by atoms with Gasteiger partial charge in [-0.25, -0.2) is 0 Å². The second kappa shape index (κ2) is 8.47. The Balaban J connectivity index is 1.79. The van der Waals surface area contributed by atoms with Gasteiger partial charge in [-0.05, 0) is 41.2 Å². The zero-order valence-electron chi connectivity index (χ0n) is 16.5. The molecule has 15 nitrogen and oxygen atoms in total. The van der Waals surface area contributed by atoms with Crippen molar-refractivity contribution in [1.82, 2.24) is 9.90 Å². The quantitative estimate of drug-likeness (QED) is 0.125. The molecular formula is C18H9ClN8O7. The molecule has 1 heterocycles. The highest BCUT2D eigenvalue weighted by atomic mass is 35.5. The molecule has 0 aliphatic rings. The highest BCUT2D eigenvalue weighted by Gasteiger charge is 2.31. The van der Waals surface area contributed by atoms with E-state index in [9.17, 15) is 35.6 Å².